The summed E-state index contributed by atoms with van der Waals surface area (Å²) in [7, 11) is 1.73. The first-order valence-corrected chi connectivity index (χ1v) is 6.78. The predicted molar refractivity (Wildman–Crippen MR) is 71.1 cm³/mol. The predicted octanol–water partition coefficient (Wildman–Crippen LogP) is 2.78. The molecule has 0 aliphatic rings. The smallest absolute Gasteiger partial charge is 0.129 e. The zero-order valence-corrected chi connectivity index (χ0v) is 10.8. The Balaban J connectivity index is 2.43. The average molecular weight is 240 g/mol. The fraction of sp³-hybridized carbons (Fsp3) is 0.583. The zero-order valence-electron chi connectivity index (χ0n) is 10.0. The van der Waals surface area contributed by atoms with Crippen LogP contribution in [0, 0.1) is 0 Å². The minimum absolute atomic E-state index is 0.808. The Hall–Kier alpha value is -0.740. The minimum Gasteiger partial charge on any atom is -0.384 e. The molecular formula is C12H20N2OS. The van der Waals surface area contributed by atoms with Crippen molar-refractivity contribution >= 4 is 17.6 Å². The molecule has 0 radical (unpaired) electrons. The third-order valence-corrected chi connectivity index (χ3v) is 3.09. The van der Waals surface area contributed by atoms with Gasteiger partial charge in [0.05, 0.1) is 6.61 Å². The summed E-state index contributed by atoms with van der Waals surface area (Å²) in [5, 5.41) is 3.35. The Kier molecular flexibility index (Phi) is 7.01. The summed E-state index contributed by atoms with van der Waals surface area (Å²) < 4.78 is 5.02. The van der Waals surface area contributed by atoms with Crippen molar-refractivity contribution in [2.75, 3.05) is 31.3 Å². The Morgan fingerprint density at radius 2 is 2.38 bits per heavy atom. The van der Waals surface area contributed by atoms with Gasteiger partial charge in [0.25, 0.3) is 0 Å². The maximum Gasteiger partial charge on any atom is 0.129 e. The molecule has 1 heterocycles. The first-order chi connectivity index (χ1) is 7.88. The number of aromatic nitrogens is 1. The number of nitrogens with zero attached hydrogens (tertiary/aromatic N) is 1. The van der Waals surface area contributed by atoms with Gasteiger partial charge in [0.1, 0.15) is 5.82 Å². The maximum atomic E-state index is 5.02. The van der Waals surface area contributed by atoms with Gasteiger partial charge < -0.3 is 10.1 Å². The Labute approximate surface area is 102 Å². The van der Waals surface area contributed by atoms with E-state index in [2.05, 4.69) is 23.3 Å². The van der Waals surface area contributed by atoms with Crippen LogP contribution in [0.25, 0.3) is 0 Å². The summed E-state index contributed by atoms with van der Waals surface area (Å²) in [5.74, 6) is 3.04. The van der Waals surface area contributed by atoms with E-state index in [9.17, 15) is 0 Å². The quantitative estimate of drug-likeness (QED) is 0.709. The SMILES string of the molecule is CCCNc1ncccc1CSCCOC. The van der Waals surface area contributed by atoms with Crippen LogP contribution in [0.5, 0.6) is 0 Å². The highest BCUT2D eigenvalue weighted by molar-refractivity contribution is 7.98. The molecule has 0 saturated carbocycles. The van der Waals surface area contributed by atoms with E-state index in [0.29, 0.717) is 0 Å². The van der Waals surface area contributed by atoms with E-state index >= 15 is 0 Å². The molecule has 1 N–H and O–H groups in total. The highest BCUT2D eigenvalue weighted by Gasteiger charge is 2.02. The number of nitrogens with one attached hydrogen (secondary N) is 1. The van der Waals surface area contributed by atoms with E-state index in [0.717, 1.165) is 36.9 Å². The van der Waals surface area contributed by atoms with Gasteiger partial charge in [-0.05, 0) is 12.5 Å². The van der Waals surface area contributed by atoms with E-state index in [1.165, 1.54) is 5.56 Å². The molecular weight excluding hydrogens is 220 g/mol. The average Bonchev–Trinajstić information content (AvgIpc) is 2.33. The van der Waals surface area contributed by atoms with E-state index in [4.69, 9.17) is 4.74 Å². The number of methoxy groups -OCH3 is 1. The molecule has 1 aromatic heterocycles. The number of pyridine rings is 1. The van der Waals surface area contributed by atoms with Crippen molar-refractivity contribution in [2.45, 2.75) is 19.1 Å². The lowest BCUT2D eigenvalue weighted by molar-refractivity contribution is 0.218. The van der Waals surface area contributed by atoms with Gasteiger partial charge in [-0.1, -0.05) is 13.0 Å². The lowest BCUT2D eigenvalue weighted by atomic mass is 10.3. The normalized spacial score (nSPS) is 10.4. The molecule has 0 amide bonds. The van der Waals surface area contributed by atoms with Crippen LogP contribution in [-0.2, 0) is 10.5 Å². The Morgan fingerprint density at radius 3 is 3.12 bits per heavy atom. The number of anilines is 1. The van der Waals surface area contributed by atoms with Crippen LogP contribution in [-0.4, -0.2) is 31.0 Å². The molecule has 0 atom stereocenters. The fourth-order valence-electron chi connectivity index (χ4n) is 1.28. The number of ether oxygens (including phenoxy) is 1. The van der Waals surface area contributed by atoms with E-state index in [1.807, 2.05) is 24.0 Å². The molecule has 0 aliphatic carbocycles. The second kappa shape index (κ2) is 8.42. The van der Waals surface area contributed by atoms with Crippen LogP contribution in [0.15, 0.2) is 18.3 Å². The van der Waals surface area contributed by atoms with E-state index < -0.39 is 0 Å². The lowest BCUT2D eigenvalue weighted by Crippen LogP contribution is -2.04. The van der Waals surface area contributed by atoms with Crippen LogP contribution in [0.4, 0.5) is 5.82 Å². The molecule has 0 fully saturated rings. The first-order valence-electron chi connectivity index (χ1n) is 5.63. The standard InChI is InChI=1S/C12H20N2OS/c1-3-6-13-12-11(5-4-7-14-12)10-16-9-8-15-2/h4-5,7H,3,6,8-10H2,1-2H3,(H,13,14). The van der Waals surface area contributed by atoms with Crippen LogP contribution >= 0.6 is 11.8 Å². The van der Waals surface area contributed by atoms with Gasteiger partial charge in [0.15, 0.2) is 0 Å². The topological polar surface area (TPSA) is 34.2 Å². The zero-order chi connectivity index (χ0) is 11.6. The van der Waals surface area contributed by atoms with Crippen molar-refractivity contribution in [2.24, 2.45) is 0 Å². The summed E-state index contributed by atoms with van der Waals surface area (Å²) in [6.07, 6.45) is 2.95. The largest absolute Gasteiger partial charge is 0.384 e. The Bertz CT molecular complexity index is 294. The van der Waals surface area contributed by atoms with E-state index in [1.54, 1.807) is 7.11 Å². The molecule has 0 unspecified atom stereocenters. The number of thioether (sulfide) groups is 1. The molecule has 0 aliphatic heterocycles. The van der Waals surface area contributed by atoms with Crippen LogP contribution in [0.1, 0.15) is 18.9 Å². The van der Waals surface area contributed by atoms with Crippen LogP contribution in [0.3, 0.4) is 0 Å². The first kappa shape index (κ1) is 13.3. The molecule has 4 heteroatoms. The molecule has 1 rings (SSSR count). The van der Waals surface area contributed by atoms with Gasteiger partial charge in [-0.25, -0.2) is 4.98 Å². The van der Waals surface area contributed by atoms with Gasteiger partial charge in [0.2, 0.25) is 0 Å². The van der Waals surface area contributed by atoms with Crippen molar-refractivity contribution in [1.29, 1.82) is 0 Å². The Morgan fingerprint density at radius 1 is 1.50 bits per heavy atom. The van der Waals surface area contributed by atoms with Crippen molar-refractivity contribution in [3.63, 3.8) is 0 Å². The highest BCUT2D eigenvalue weighted by Crippen LogP contribution is 2.18. The number of rotatable bonds is 8. The van der Waals surface area contributed by atoms with Gasteiger partial charge in [-0.15, -0.1) is 0 Å². The summed E-state index contributed by atoms with van der Waals surface area (Å²) >= 11 is 1.87. The third kappa shape index (κ3) is 4.86. The molecule has 0 bridgehead atoms. The summed E-state index contributed by atoms with van der Waals surface area (Å²) in [6, 6.07) is 4.12. The second-order valence-corrected chi connectivity index (χ2v) is 4.59. The molecule has 0 aromatic carbocycles. The van der Waals surface area contributed by atoms with Gasteiger partial charge in [0, 0.05) is 36.9 Å². The molecule has 1 aromatic rings. The van der Waals surface area contributed by atoms with Crippen LogP contribution < -0.4 is 5.32 Å². The van der Waals surface area contributed by atoms with Crippen molar-refractivity contribution in [3.8, 4) is 0 Å². The monoisotopic (exact) mass is 240 g/mol. The van der Waals surface area contributed by atoms with Gasteiger partial charge in [-0.2, -0.15) is 11.8 Å². The van der Waals surface area contributed by atoms with E-state index in [-0.39, 0.29) is 0 Å². The number of hydrogen-bond acceptors (Lipinski definition) is 4. The summed E-state index contributed by atoms with van der Waals surface area (Å²) in [4.78, 5) is 4.36. The summed E-state index contributed by atoms with van der Waals surface area (Å²) in [6.45, 7) is 3.94. The second-order valence-electron chi connectivity index (χ2n) is 3.48. The highest BCUT2D eigenvalue weighted by atomic mass is 32.2. The molecule has 3 nitrogen and oxygen atoms in total. The van der Waals surface area contributed by atoms with Gasteiger partial charge in [-0.3, -0.25) is 0 Å². The molecule has 90 valence electrons. The molecule has 16 heavy (non-hydrogen) atoms. The molecule has 0 saturated heterocycles. The van der Waals surface area contributed by atoms with Crippen molar-refractivity contribution in [3.05, 3.63) is 23.9 Å². The third-order valence-electron chi connectivity index (χ3n) is 2.12. The van der Waals surface area contributed by atoms with Crippen LogP contribution in [0.2, 0.25) is 0 Å². The minimum atomic E-state index is 0.808. The fourth-order valence-corrected chi connectivity index (χ4v) is 2.16. The summed E-state index contributed by atoms with van der Waals surface area (Å²) in [5.41, 5.74) is 1.28. The lowest BCUT2D eigenvalue weighted by Gasteiger charge is -2.09. The van der Waals surface area contributed by atoms with Crippen molar-refractivity contribution < 1.29 is 4.74 Å². The maximum absolute atomic E-state index is 5.02. The molecule has 0 spiro atoms. The van der Waals surface area contributed by atoms with Gasteiger partial charge >= 0.3 is 0 Å². The van der Waals surface area contributed by atoms with Crippen molar-refractivity contribution in [1.82, 2.24) is 4.98 Å². The number of hydrogen-bond donors (Lipinski definition) is 1.